The first-order valence-corrected chi connectivity index (χ1v) is 10.0. The quantitative estimate of drug-likeness (QED) is 0.582. The number of carbonyl (C=O) groups excluding carboxylic acids is 1. The number of thioether (sulfide) groups is 1. The van der Waals surface area contributed by atoms with Crippen LogP contribution in [0.5, 0.6) is 0 Å². The van der Waals surface area contributed by atoms with E-state index in [4.69, 9.17) is 5.73 Å². The highest BCUT2D eigenvalue weighted by Crippen LogP contribution is 2.24. The van der Waals surface area contributed by atoms with E-state index in [0.717, 1.165) is 34.2 Å². The second-order valence-corrected chi connectivity index (χ2v) is 7.93. The van der Waals surface area contributed by atoms with Crippen molar-refractivity contribution in [2.75, 3.05) is 6.54 Å². The largest absolute Gasteiger partial charge is 0.345 e. The average Bonchev–Trinajstić information content (AvgIpc) is 3.03. The van der Waals surface area contributed by atoms with E-state index in [1.54, 1.807) is 23.1 Å². The summed E-state index contributed by atoms with van der Waals surface area (Å²) in [5, 5.41) is 6.28. The highest BCUT2D eigenvalue weighted by Gasteiger charge is 2.26. The number of halogens is 2. The molecule has 1 heterocycles. The molecule has 3 N–H and O–H groups in total. The summed E-state index contributed by atoms with van der Waals surface area (Å²) in [4.78, 5) is 18.0. The third-order valence-corrected chi connectivity index (χ3v) is 6.16. The summed E-state index contributed by atoms with van der Waals surface area (Å²) < 4.78 is 0. The fourth-order valence-electron chi connectivity index (χ4n) is 2.41. The first kappa shape index (κ1) is 25.2. The Balaban J connectivity index is 0.00000312. The Morgan fingerprint density at radius 3 is 2.31 bits per heavy atom. The Labute approximate surface area is 176 Å². The van der Waals surface area contributed by atoms with Crippen molar-refractivity contribution in [1.29, 1.82) is 0 Å². The summed E-state index contributed by atoms with van der Waals surface area (Å²) in [7, 11) is 0. The monoisotopic (exact) mass is 435 g/mol. The number of hydrogen-bond acceptors (Lipinski definition) is 5. The van der Waals surface area contributed by atoms with Crippen LogP contribution in [0.2, 0.25) is 0 Å². The second kappa shape index (κ2) is 11.8. The van der Waals surface area contributed by atoms with Crippen molar-refractivity contribution < 1.29 is 4.79 Å². The maximum absolute atomic E-state index is 12.4. The third kappa shape index (κ3) is 6.74. The lowest BCUT2D eigenvalue weighted by atomic mass is 9.92. The molecule has 0 atom stereocenters. The van der Waals surface area contributed by atoms with Gasteiger partial charge in [-0.15, -0.1) is 47.9 Å². The van der Waals surface area contributed by atoms with Gasteiger partial charge in [0.2, 0.25) is 0 Å². The fourth-order valence-corrected chi connectivity index (χ4v) is 3.92. The van der Waals surface area contributed by atoms with Crippen molar-refractivity contribution in [3.8, 4) is 0 Å². The van der Waals surface area contributed by atoms with Crippen LogP contribution in [-0.2, 0) is 5.75 Å². The zero-order valence-corrected chi connectivity index (χ0v) is 18.5. The number of amides is 1. The SMILES string of the molecule is CCC(CC)(CN)NC(=O)c1ccc(SCc2csc(C)n2)cc1.Cl.Cl. The molecule has 0 radical (unpaired) electrons. The number of hydrogen-bond donors (Lipinski definition) is 2. The number of benzene rings is 1. The van der Waals surface area contributed by atoms with Gasteiger partial charge in [-0.05, 0) is 44.0 Å². The minimum Gasteiger partial charge on any atom is -0.345 e. The van der Waals surface area contributed by atoms with E-state index in [1.165, 1.54) is 0 Å². The van der Waals surface area contributed by atoms with E-state index in [1.807, 2.05) is 31.2 Å². The molecule has 2 rings (SSSR count). The third-order valence-electron chi connectivity index (χ3n) is 4.29. The first-order valence-electron chi connectivity index (χ1n) is 8.18. The van der Waals surface area contributed by atoms with Crippen molar-refractivity contribution in [2.24, 2.45) is 5.73 Å². The van der Waals surface area contributed by atoms with Gasteiger partial charge < -0.3 is 11.1 Å². The predicted octanol–water partition coefficient (Wildman–Crippen LogP) is 4.83. The number of aromatic nitrogens is 1. The lowest BCUT2D eigenvalue weighted by Gasteiger charge is -2.31. The van der Waals surface area contributed by atoms with E-state index < -0.39 is 0 Å². The van der Waals surface area contributed by atoms with Crippen LogP contribution < -0.4 is 11.1 Å². The van der Waals surface area contributed by atoms with Crippen LogP contribution in [0.3, 0.4) is 0 Å². The summed E-state index contributed by atoms with van der Waals surface area (Å²) in [6.45, 7) is 6.57. The van der Waals surface area contributed by atoms with Crippen LogP contribution in [0.1, 0.15) is 47.7 Å². The molecule has 0 aliphatic heterocycles. The van der Waals surface area contributed by atoms with Gasteiger partial charge in [0.1, 0.15) is 0 Å². The molecule has 0 saturated heterocycles. The van der Waals surface area contributed by atoms with Crippen LogP contribution in [-0.4, -0.2) is 23.0 Å². The summed E-state index contributed by atoms with van der Waals surface area (Å²) in [5.41, 5.74) is 7.31. The van der Waals surface area contributed by atoms with Crippen molar-refractivity contribution in [3.63, 3.8) is 0 Å². The molecule has 0 aliphatic carbocycles. The van der Waals surface area contributed by atoms with Gasteiger partial charge >= 0.3 is 0 Å². The van der Waals surface area contributed by atoms with E-state index in [2.05, 4.69) is 29.5 Å². The number of carbonyl (C=O) groups is 1. The minimum atomic E-state index is -0.313. The molecular weight excluding hydrogens is 409 g/mol. The number of nitrogens with one attached hydrogen (secondary N) is 1. The topological polar surface area (TPSA) is 68.0 Å². The zero-order chi connectivity index (χ0) is 17.6. The van der Waals surface area contributed by atoms with Gasteiger partial charge in [-0.2, -0.15) is 0 Å². The second-order valence-electron chi connectivity index (χ2n) is 5.82. The Hall–Kier alpha value is -0.790. The van der Waals surface area contributed by atoms with Crippen LogP contribution in [0.15, 0.2) is 34.5 Å². The average molecular weight is 436 g/mol. The molecule has 0 aliphatic rings. The molecule has 0 spiro atoms. The molecular formula is C18H27Cl2N3OS2. The molecule has 146 valence electrons. The molecule has 26 heavy (non-hydrogen) atoms. The van der Waals surface area contributed by atoms with Gasteiger partial charge in [-0.25, -0.2) is 4.98 Å². The van der Waals surface area contributed by atoms with Gasteiger partial charge in [0.05, 0.1) is 16.2 Å². The fraction of sp³-hybridized carbons (Fsp3) is 0.444. The lowest BCUT2D eigenvalue weighted by molar-refractivity contribution is 0.0895. The molecule has 2 aromatic rings. The van der Waals surface area contributed by atoms with Crippen LogP contribution >= 0.6 is 47.9 Å². The predicted molar refractivity (Wildman–Crippen MR) is 117 cm³/mol. The van der Waals surface area contributed by atoms with Crippen molar-refractivity contribution in [3.05, 3.63) is 45.9 Å². The van der Waals surface area contributed by atoms with Crippen molar-refractivity contribution >= 4 is 53.8 Å². The molecule has 1 aromatic heterocycles. The van der Waals surface area contributed by atoms with Gasteiger partial charge in [0, 0.05) is 28.1 Å². The van der Waals surface area contributed by atoms with Crippen LogP contribution in [0.25, 0.3) is 0 Å². The molecule has 0 saturated carbocycles. The molecule has 4 nitrogen and oxygen atoms in total. The normalized spacial score (nSPS) is 10.6. The smallest absolute Gasteiger partial charge is 0.251 e. The minimum absolute atomic E-state index is 0. The molecule has 0 bridgehead atoms. The van der Waals surface area contributed by atoms with Gasteiger partial charge in [-0.1, -0.05) is 13.8 Å². The number of nitrogens with two attached hydrogens (primary N) is 1. The van der Waals surface area contributed by atoms with Crippen molar-refractivity contribution in [1.82, 2.24) is 10.3 Å². The zero-order valence-electron chi connectivity index (χ0n) is 15.3. The number of thiazole rings is 1. The van der Waals surface area contributed by atoms with Crippen LogP contribution in [0.4, 0.5) is 0 Å². The summed E-state index contributed by atoms with van der Waals surface area (Å²) in [5.74, 6) is 0.786. The van der Waals surface area contributed by atoms with Crippen molar-refractivity contribution in [2.45, 2.75) is 49.8 Å². The Morgan fingerprint density at radius 1 is 1.23 bits per heavy atom. The maximum Gasteiger partial charge on any atom is 0.251 e. The van der Waals surface area contributed by atoms with E-state index in [9.17, 15) is 4.79 Å². The molecule has 0 unspecified atom stereocenters. The number of nitrogens with zero attached hydrogens (tertiary/aromatic N) is 1. The van der Waals surface area contributed by atoms with Gasteiger partial charge in [-0.3, -0.25) is 4.79 Å². The highest BCUT2D eigenvalue weighted by atomic mass is 35.5. The summed E-state index contributed by atoms with van der Waals surface area (Å²) >= 11 is 3.40. The Morgan fingerprint density at radius 2 is 1.85 bits per heavy atom. The first-order chi connectivity index (χ1) is 11.5. The molecule has 1 amide bonds. The highest BCUT2D eigenvalue weighted by molar-refractivity contribution is 7.98. The number of aryl methyl sites for hydroxylation is 1. The summed E-state index contributed by atoms with van der Waals surface area (Å²) in [6.07, 6.45) is 1.65. The van der Waals surface area contributed by atoms with E-state index >= 15 is 0 Å². The van der Waals surface area contributed by atoms with Crippen LogP contribution in [0, 0.1) is 6.92 Å². The van der Waals surface area contributed by atoms with E-state index in [0.29, 0.717) is 12.1 Å². The molecule has 8 heteroatoms. The maximum atomic E-state index is 12.4. The molecule has 1 aromatic carbocycles. The number of rotatable bonds is 8. The standard InChI is InChI=1S/C18H25N3OS2.2ClH/c1-4-18(5-2,12-19)21-17(22)14-6-8-16(9-7-14)24-11-15-10-23-13(3)20-15;;/h6-10H,4-5,11-12,19H2,1-3H3,(H,21,22);2*1H. The lowest BCUT2D eigenvalue weighted by Crippen LogP contribution is -2.52. The van der Waals surface area contributed by atoms with E-state index in [-0.39, 0.29) is 36.3 Å². The summed E-state index contributed by atoms with van der Waals surface area (Å²) in [6, 6.07) is 7.72. The molecule has 0 fully saturated rings. The van der Waals surface area contributed by atoms with Gasteiger partial charge in [0.15, 0.2) is 0 Å². The Bertz CT molecular complexity index is 665. The van der Waals surface area contributed by atoms with Gasteiger partial charge in [0.25, 0.3) is 5.91 Å². The Kier molecular flexibility index (Phi) is 11.5.